The van der Waals surface area contributed by atoms with Crippen LogP contribution in [-0.4, -0.2) is 35.1 Å². The molecule has 0 bridgehead atoms. The predicted octanol–water partition coefficient (Wildman–Crippen LogP) is 2.42. The van der Waals surface area contributed by atoms with Gasteiger partial charge in [-0.1, -0.05) is 6.92 Å². The van der Waals surface area contributed by atoms with Crippen molar-refractivity contribution in [3.8, 4) is 0 Å². The lowest BCUT2D eigenvalue weighted by atomic mass is 10.0. The number of nitrogens with one attached hydrogen (secondary N) is 1. The highest BCUT2D eigenvalue weighted by molar-refractivity contribution is 7.11. The van der Waals surface area contributed by atoms with E-state index in [0.717, 1.165) is 19.0 Å². The number of hydrogen-bond acceptors (Lipinski definition) is 4. The van der Waals surface area contributed by atoms with Crippen LogP contribution in [0.15, 0.2) is 6.20 Å². The first kappa shape index (κ1) is 12.6. The van der Waals surface area contributed by atoms with Gasteiger partial charge in [0.1, 0.15) is 0 Å². The van der Waals surface area contributed by atoms with Crippen molar-refractivity contribution in [2.24, 2.45) is 0 Å². The maximum Gasteiger partial charge on any atom is 0.0925 e. The standard InChI is InChI=1S/C14H23N3S/c1-2-14-16-10-13(18-14)9-15-11-5-7-17(8-6-11)12-3-4-12/h10-12,15H,2-9H2,1H3. The lowest BCUT2D eigenvalue weighted by molar-refractivity contribution is 0.189. The van der Waals surface area contributed by atoms with Gasteiger partial charge < -0.3 is 10.2 Å². The highest BCUT2D eigenvalue weighted by Gasteiger charge is 2.31. The first-order valence-corrected chi connectivity index (χ1v) is 8.08. The molecule has 1 aliphatic heterocycles. The minimum atomic E-state index is 0.715. The van der Waals surface area contributed by atoms with Crippen LogP contribution in [0.4, 0.5) is 0 Å². The van der Waals surface area contributed by atoms with Gasteiger partial charge in [-0.15, -0.1) is 11.3 Å². The Kier molecular flexibility index (Phi) is 3.97. The van der Waals surface area contributed by atoms with E-state index in [4.69, 9.17) is 0 Å². The van der Waals surface area contributed by atoms with Crippen molar-refractivity contribution >= 4 is 11.3 Å². The molecule has 4 heteroatoms. The molecule has 2 heterocycles. The molecule has 0 unspecified atom stereocenters. The zero-order chi connectivity index (χ0) is 12.4. The van der Waals surface area contributed by atoms with Gasteiger partial charge in [-0.3, -0.25) is 0 Å². The molecule has 18 heavy (non-hydrogen) atoms. The van der Waals surface area contributed by atoms with Crippen LogP contribution >= 0.6 is 11.3 Å². The second-order valence-corrected chi connectivity index (χ2v) is 6.70. The number of piperidine rings is 1. The summed E-state index contributed by atoms with van der Waals surface area (Å²) in [6.07, 6.45) is 8.61. The summed E-state index contributed by atoms with van der Waals surface area (Å²) in [4.78, 5) is 8.48. The van der Waals surface area contributed by atoms with Gasteiger partial charge in [-0.25, -0.2) is 4.98 Å². The topological polar surface area (TPSA) is 28.2 Å². The van der Waals surface area contributed by atoms with Crippen molar-refractivity contribution in [2.75, 3.05) is 13.1 Å². The fourth-order valence-corrected chi connectivity index (χ4v) is 3.56. The molecule has 0 spiro atoms. The number of likely N-dealkylation sites (tertiary alicyclic amines) is 1. The van der Waals surface area contributed by atoms with Crippen molar-refractivity contribution in [3.05, 3.63) is 16.1 Å². The molecule has 100 valence electrons. The molecule has 3 rings (SSSR count). The molecule has 0 aromatic carbocycles. The van der Waals surface area contributed by atoms with Crippen molar-refractivity contribution in [3.63, 3.8) is 0 Å². The minimum absolute atomic E-state index is 0.715. The van der Waals surface area contributed by atoms with Gasteiger partial charge >= 0.3 is 0 Å². The zero-order valence-electron chi connectivity index (χ0n) is 11.2. The molecule has 1 aromatic rings. The Morgan fingerprint density at radius 1 is 1.33 bits per heavy atom. The third-order valence-electron chi connectivity index (χ3n) is 4.06. The first-order valence-electron chi connectivity index (χ1n) is 7.26. The lowest BCUT2D eigenvalue weighted by Gasteiger charge is -2.32. The quantitative estimate of drug-likeness (QED) is 0.886. The van der Waals surface area contributed by atoms with E-state index >= 15 is 0 Å². The van der Waals surface area contributed by atoms with Crippen molar-refractivity contribution in [2.45, 2.75) is 57.7 Å². The van der Waals surface area contributed by atoms with Crippen LogP contribution in [0.2, 0.25) is 0 Å². The van der Waals surface area contributed by atoms with Crippen molar-refractivity contribution < 1.29 is 0 Å². The van der Waals surface area contributed by atoms with Gasteiger partial charge in [-0.2, -0.15) is 0 Å². The largest absolute Gasteiger partial charge is 0.309 e. The molecule has 3 nitrogen and oxygen atoms in total. The number of hydrogen-bond donors (Lipinski definition) is 1. The van der Waals surface area contributed by atoms with Gasteiger partial charge in [-0.05, 0) is 45.2 Å². The molecule has 0 amide bonds. The third kappa shape index (κ3) is 3.11. The normalized spacial score (nSPS) is 22.5. The Morgan fingerprint density at radius 2 is 2.11 bits per heavy atom. The summed E-state index contributed by atoms with van der Waals surface area (Å²) < 4.78 is 0. The van der Waals surface area contributed by atoms with Crippen LogP contribution in [0, 0.1) is 0 Å². The van der Waals surface area contributed by atoms with Crippen LogP contribution in [-0.2, 0) is 13.0 Å². The van der Waals surface area contributed by atoms with E-state index in [1.807, 2.05) is 17.5 Å². The lowest BCUT2D eigenvalue weighted by Crippen LogP contribution is -2.42. The summed E-state index contributed by atoms with van der Waals surface area (Å²) in [7, 11) is 0. The fourth-order valence-electron chi connectivity index (χ4n) is 2.75. The Balaban J connectivity index is 1.41. The third-order valence-corrected chi connectivity index (χ3v) is 5.20. The van der Waals surface area contributed by atoms with Crippen LogP contribution in [0.3, 0.4) is 0 Å². The van der Waals surface area contributed by atoms with Crippen LogP contribution in [0.1, 0.15) is 42.5 Å². The number of rotatable bonds is 5. The molecular weight excluding hydrogens is 242 g/mol. The van der Waals surface area contributed by atoms with Gasteiger partial charge in [0.25, 0.3) is 0 Å². The van der Waals surface area contributed by atoms with E-state index in [0.29, 0.717) is 6.04 Å². The Bertz CT molecular complexity index is 378. The summed E-state index contributed by atoms with van der Waals surface area (Å²) in [6.45, 7) is 5.77. The number of aromatic nitrogens is 1. The van der Waals surface area contributed by atoms with Gasteiger partial charge in [0, 0.05) is 29.7 Å². The monoisotopic (exact) mass is 265 g/mol. The molecule has 2 fully saturated rings. The van der Waals surface area contributed by atoms with E-state index < -0.39 is 0 Å². The highest BCUT2D eigenvalue weighted by Crippen LogP contribution is 2.29. The number of nitrogens with zero attached hydrogens (tertiary/aromatic N) is 2. The number of thiazole rings is 1. The average Bonchev–Trinajstić information content (AvgIpc) is 3.16. The van der Waals surface area contributed by atoms with Crippen molar-refractivity contribution in [1.82, 2.24) is 15.2 Å². The fraction of sp³-hybridized carbons (Fsp3) is 0.786. The van der Waals surface area contributed by atoms with Gasteiger partial charge in [0.15, 0.2) is 0 Å². The Morgan fingerprint density at radius 3 is 2.72 bits per heavy atom. The maximum absolute atomic E-state index is 4.41. The summed E-state index contributed by atoms with van der Waals surface area (Å²) >= 11 is 1.85. The summed E-state index contributed by atoms with van der Waals surface area (Å²) in [5.74, 6) is 0. The summed E-state index contributed by atoms with van der Waals surface area (Å²) in [5, 5.41) is 4.96. The van der Waals surface area contributed by atoms with E-state index in [2.05, 4.69) is 22.1 Å². The molecular formula is C14H23N3S. The maximum atomic E-state index is 4.41. The van der Waals surface area contributed by atoms with E-state index in [9.17, 15) is 0 Å². The minimum Gasteiger partial charge on any atom is -0.309 e. The predicted molar refractivity (Wildman–Crippen MR) is 75.9 cm³/mol. The smallest absolute Gasteiger partial charge is 0.0925 e. The van der Waals surface area contributed by atoms with Crippen molar-refractivity contribution in [1.29, 1.82) is 0 Å². The summed E-state index contributed by atoms with van der Waals surface area (Å²) in [6, 6.07) is 1.66. The molecule has 2 aliphatic rings. The average molecular weight is 265 g/mol. The molecule has 1 aromatic heterocycles. The van der Waals surface area contributed by atoms with Crippen LogP contribution in [0.25, 0.3) is 0 Å². The number of aryl methyl sites for hydroxylation is 1. The van der Waals surface area contributed by atoms with Crippen LogP contribution < -0.4 is 5.32 Å². The highest BCUT2D eigenvalue weighted by atomic mass is 32.1. The van der Waals surface area contributed by atoms with Crippen LogP contribution in [0.5, 0.6) is 0 Å². The Labute approximate surface area is 114 Å². The molecule has 0 atom stereocenters. The molecule has 1 N–H and O–H groups in total. The first-order chi connectivity index (χ1) is 8.85. The molecule has 1 aliphatic carbocycles. The van der Waals surface area contributed by atoms with E-state index in [1.165, 1.54) is 48.7 Å². The zero-order valence-corrected chi connectivity index (χ0v) is 12.0. The van der Waals surface area contributed by atoms with Gasteiger partial charge in [0.05, 0.1) is 5.01 Å². The summed E-state index contributed by atoms with van der Waals surface area (Å²) in [5.41, 5.74) is 0. The van der Waals surface area contributed by atoms with E-state index in [-0.39, 0.29) is 0 Å². The Hall–Kier alpha value is -0.450. The molecule has 1 saturated carbocycles. The van der Waals surface area contributed by atoms with E-state index in [1.54, 1.807) is 0 Å². The second-order valence-electron chi connectivity index (χ2n) is 5.50. The molecule has 1 saturated heterocycles. The van der Waals surface area contributed by atoms with Gasteiger partial charge in [0.2, 0.25) is 0 Å². The molecule has 0 radical (unpaired) electrons. The SMILES string of the molecule is CCc1ncc(CNC2CCN(C3CC3)CC2)s1. The second kappa shape index (κ2) is 5.68.